The van der Waals surface area contributed by atoms with Crippen molar-refractivity contribution in [1.29, 1.82) is 0 Å². The third-order valence-corrected chi connectivity index (χ3v) is 0.425. The number of hydrogen-bond acceptors (Lipinski definition) is 1. The normalized spacial score (nSPS) is 8.44. The standard InChI is InChI=1S/C4H4O.CHCl3/c1-2-4-5-3-1;2-1(3)4/h1-4H;1H. The first-order valence-electron chi connectivity index (χ1n) is 2.13. The van der Waals surface area contributed by atoms with E-state index in [0.29, 0.717) is 0 Å². The molecule has 1 rings (SSSR count). The third-order valence-electron chi connectivity index (χ3n) is 0.425. The van der Waals surface area contributed by atoms with Gasteiger partial charge in [-0.15, -0.1) is 0 Å². The van der Waals surface area contributed by atoms with E-state index in [0.717, 1.165) is 0 Å². The Morgan fingerprint density at radius 1 is 1.00 bits per heavy atom. The molecule has 0 aliphatic heterocycles. The van der Waals surface area contributed by atoms with Crippen LogP contribution in [0.4, 0.5) is 0 Å². The summed E-state index contributed by atoms with van der Waals surface area (Å²) in [7, 11) is 0. The number of halogens is 3. The van der Waals surface area contributed by atoms with E-state index < -0.39 is 4.30 Å². The van der Waals surface area contributed by atoms with Crippen LogP contribution in [-0.2, 0) is 0 Å². The van der Waals surface area contributed by atoms with Crippen molar-refractivity contribution >= 4 is 34.8 Å². The third kappa shape index (κ3) is 11.6. The number of furan rings is 1. The highest BCUT2D eigenvalue weighted by Gasteiger charge is 1.78. The Morgan fingerprint density at radius 2 is 1.33 bits per heavy atom. The summed E-state index contributed by atoms with van der Waals surface area (Å²) in [5.74, 6) is 0. The van der Waals surface area contributed by atoms with Crippen molar-refractivity contribution < 1.29 is 4.42 Å². The van der Waals surface area contributed by atoms with E-state index in [9.17, 15) is 0 Å². The maximum atomic E-state index is 4.81. The van der Waals surface area contributed by atoms with Crippen LogP contribution in [0.3, 0.4) is 0 Å². The monoisotopic (exact) mass is 186 g/mol. The predicted octanol–water partition coefficient (Wildman–Crippen LogP) is 3.27. The van der Waals surface area contributed by atoms with Crippen LogP contribution in [0, 0.1) is 0 Å². The molecular weight excluding hydrogens is 182 g/mol. The van der Waals surface area contributed by atoms with E-state index in [1.54, 1.807) is 12.5 Å². The predicted molar refractivity (Wildman–Crippen MR) is 40.1 cm³/mol. The van der Waals surface area contributed by atoms with E-state index in [1.807, 2.05) is 12.1 Å². The Kier molecular flexibility index (Phi) is 6.38. The van der Waals surface area contributed by atoms with Gasteiger partial charge in [0.25, 0.3) is 0 Å². The van der Waals surface area contributed by atoms with Crippen molar-refractivity contribution in [2.24, 2.45) is 0 Å². The van der Waals surface area contributed by atoms with Gasteiger partial charge in [-0.3, -0.25) is 0 Å². The molecule has 1 aromatic heterocycles. The van der Waals surface area contributed by atoms with Crippen LogP contribution in [0.1, 0.15) is 0 Å². The molecule has 1 nitrogen and oxygen atoms in total. The molecule has 4 heteroatoms. The average molecular weight is 187 g/mol. The number of hydrogen-bond donors (Lipinski definition) is 0. The lowest BCUT2D eigenvalue weighted by atomic mass is 10.7. The summed E-state index contributed by atoms with van der Waals surface area (Å²) in [5.41, 5.74) is 0. The first-order valence-corrected chi connectivity index (χ1v) is 3.44. The van der Waals surface area contributed by atoms with E-state index in [-0.39, 0.29) is 0 Å². The fourth-order valence-corrected chi connectivity index (χ4v) is 0.227. The Labute approximate surface area is 68.5 Å². The molecule has 0 aromatic carbocycles. The summed E-state index contributed by atoms with van der Waals surface area (Å²) in [6.07, 6.45) is 3.25. The van der Waals surface area contributed by atoms with E-state index in [1.165, 1.54) is 0 Å². The van der Waals surface area contributed by atoms with Gasteiger partial charge >= 0.3 is 0 Å². The van der Waals surface area contributed by atoms with Crippen LogP contribution < -0.4 is 0 Å². The van der Waals surface area contributed by atoms with Crippen molar-refractivity contribution in [3.05, 3.63) is 24.7 Å². The van der Waals surface area contributed by atoms with Gasteiger partial charge in [0.1, 0.15) is 0 Å². The minimum Gasteiger partial charge on any atom is -0.473 e. The van der Waals surface area contributed by atoms with Gasteiger partial charge in [-0.25, -0.2) is 0 Å². The van der Waals surface area contributed by atoms with Crippen LogP contribution in [-0.4, -0.2) is 4.30 Å². The van der Waals surface area contributed by atoms with Crippen molar-refractivity contribution in [3.63, 3.8) is 0 Å². The zero-order valence-corrected chi connectivity index (χ0v) is 6.70. The first-order chi connectivity index (χ1) is 4.23. The van der Waals surface area contributed by atoms with Gasteiger partial charge in [0, 0.05) is 0 Å². The lowest BCUT2D eigenvalue weighted by molar-refractivity contribution is 0.567. The molecule has 0 amide bonds. The van der Waals surface area contributed by atoms with E-state index >= 15 is 0 Å². The molecule has 0 saturated carbocycles. The minimum atomic E-state index is -0.750. The molecule has 9 heavy (non-hydrogen) atoms. The highest BCUT2D eigenvalue weighted by molar-refractivity contribution is 6.63. The smallest absolute Gasteiger partial charge is 0.180 e. The molecule has 0 spiro atoms. The second-order valence-corrected chi connectivity index (χ2v) is 3.02. The van der Waals surface area contributed by atoms with Crippen molar-refractivity contribution in [1.82, 2.24) is 0 Å². The molecule has 0 atom stereocenters. The zero-order valence-electron chi connectivity index (χ0n) is 4.43. The van der Waals surface area contributed by atoms with Crippen molar-refractivity contribution in [2.45, 2.75) is 4.30 Å². The summed E-state index contributed by atoms with van der Waals surface area (Å²) in [5, 5.41) is 0. The van der Waals surface area contributed by atoms with Crippen molar-refractivity contribution in [2.75, 3.05) is 0 Å². The Morgan fingerprint density at radius 3 is 1.44 bits per heavy atom. The Bertz CT molecular complexity index is 95.8. The Balaban J connectivity index is 0.000000148. The molecule has 1 heterocycles. The maximum Gasteiger partial charge on any atom is 0.180 e. The topological polar surface area (TPSA) is 13.1 Å². The Hall–Kier alpha value is 0.150. The highest BCUT2D eigenvalue weighted by Crippen LogP contribution is 2.03. The second-order valence-electron chi connectivity index (χ2n) is 1.04. The van der Waals surface area contributed by atoms with Crippen LogP contribution in [0.5, 0.6) is 0 Å². The van der Waals surface area contributed by atoms with Gasteiger partial charge in [-0.2, -0.15) is 0 Å². The van der Waals surface area contributed by atoms with Crippen LogP contribution >= 0.6 is 34.8 Å². The van der Waals surface area contributed by atoms with Gasteiger partial charge in [-0.1, -0.05) is 34.8 Å². The molecule has 1 aromatic rings. The van der Waals surface area contributed by atoms with Crippen LogP contribution in [0.25, 0.3) is 0 Å². The van der Waals surface area contributed by atoms with Gasteiger partial charge in [0.2, 0.25) is 0 Å². The summed E-state index contributed by atoms with van der Waals surface area (Å²) in [4.78, 5) is 0. The molecule has 0 fully saturated rings. The maximum absolute atomic E-state index is 4.81. The summed E-state index contributed by atoms with van der Waals surface area (Å²) in [6.45, 7) is 0. The zero-order chi connectivity index (χ0) is 7.11. The fourth-order valence-electron chi connectivity index (χ4n) is 0.227. The van der Waals surface area contributed by atoms with Gasteiger partial charge in [0.15, 0.2) is 4.30 Å². The molecule has 0 aliphatic rings. The van der Waals surface area contributed by atoms with Crippen LogP contribution in [0.15, 0.2) is 29.1 Å². The summed E-state index contributed by atoms with van der Waals surface area (Å²) in [6, 6.07) is 3.67. The minimum absolute atomic E-state index is 0.750. The molecule has 0 bridgehead atoms. The van der Waals surface area contributed by atoms with E-state index in [4.69, 9.17) is 34.8 Å². The van der Waals surface area contributed by atoms with Gasteiger partial charge in [-0.05, 0) is 12.1 Å². The molecule has 0 unspecified atom stereocenters. The summed E-state index contributed by atoms with van der Waals surface area (Å²) >= 11 is 14.4. The molecular formula is C5H5Cl3O. The number of rotatable bonds is 0. The van der Waals surface area contributed by atoms with Gasteiger partial charge < -0.3 is 4.42 Å². The highest BCUT2D eigenvalue weighted by atomic mass is 35.6. The van der Waals surface area contributed by atoms with Gasteiger partial charge in [0.05, 0.1) is 12.5 Å². The van der Waals surface area contributed by atoms with E-state index in [2.05, 4.69) is 4.42 Å². The molecule has 52 valence electrons. The lowest BCUT2D eigenvalue weighted by Crippen LogP contribution is -1.55. The lowest BCUT2D eigenvalue weighted by Gasteiger charge is -1.69. The molecule has 0 radical (unpaired) electrons. The fraction of sp³-hybridized carbons (Fsp3) is 0.200. The van der Waals surface area contributed by atoms with Crippen molar-refractivity contribution in [3.8, 4) is 0 Å². The molecule has 0 N–H and O–H groups in total. The number of alkyl halides is 3. The largest absolute Gasteiger partial charge is 0.473 e. The summed E-state index contributed by atoms with van der Waals surface area (Å²) < 4.78 is 3.83. The second kappa shape index (κ2) is 6.27. The SMILES string of the molecule is ClC(Cl)Cl.c1ccoc1. The van der Waals surface area contributed by atoms with Crippen LogP contribution in [0.2, 0.25) is 0 Å². The quantitative estimate of drug-likeness (QED) is 0.568. The molecule has 0 saturated heterocycles. The molecule has 0 aliphatic carbocycles. The average Bonchev–Trinajstić information content (AvgIpc) is 2.11. The first kappa shape index (κ1) is 9.15.